The van der Waals surface area contributed by atoms with Gasteiger partial charge in [-0.1, -0.05) is 41.6 Å². The van der Waals surface area contributed by atoms with Crippen molar-refractivity contribution in [3.05, 3.63) is 76.8 Å². The van der Waals surface area contributed by atoms with Gasteiger partial charge in [0, 0.05) is 33.6 Å². The van der Waals surface area contributed by atoms with Gasteiger partial charge in [-0.3, -0.25) is 4.98 Å². The number of nitrogen functional groups attached to an aromatic ring is 1. The van der Waals surface area contributed by atoms with E-state index in [2.05, 4.69) is 11.2 Å². The normalized spacial score (nSPS) is 12.2. The molecule has 2 heterocycles. The molecule has 2 N–H and O–H groups in total. The van der Waals surface area contributed by atoms with Crippen molar-refractivity contribution in [2.45, 2.75) is 53.2 Å². The van der Waals surface area contributed by atoms with Gasteiger partial charge < -0.3 is 19.7 Å². The van der Waals surface area contributed by atoms with Crippen LogP contribution >= 0.6 is 0 Å². The van der Waals surface area contributed by atoms with Crippen molar-refractivity contribution in [3.8, 4) is 39.6 Å². The first-order chi connectivity index (χ1) is 18.4. The third kappa shape index (κ3) is 5.54. The lowest BCUT2D eigenvalue weighted by molar-refractivity contribution is -0.164. The summed E-state index contributed by atoms with van der Waals surface area (Å²) in [6, 6.07) is 17.3. The standard InChI is InChI=1S/C31H32N4O4/c1-17-26(29(30(36)37-7)38-31(4,5)6)27(21-12-14-23(33)15-13-21)24(16-32)28(34-17)22-10-8-20(9-11-22)25-18(2)35-39-19(25)3/h8-15,29H,33H2,1-7H3. The van der Waals surface area contributed by atoms with E-state index in [-0.39, 0.29) is 0 Å². The lowest BCUT2D eigenvalue weighted by Crippen LogP contribution is -2.29. The summed E-state index contributed by atoms with van der Waals surface area (Å²) < 4.78 is 16.7. The second-order valence-electron chi connectivity index (χ2n) is 10.4. The molecule has 200 valence electrons. The minimum atomic E-state index is -1.10. The minimum Gasteiger partial charge on any atom is -0.467 e. The molecule has 0 aliphatic carbocycles. The van der Waals surface area contributed by atoms with Crippen LogP contribution in [0.2, 0.25) is 0 Å². The van der Waals surface area contributed by atoms with Crippen LogP contribution in [0.15, 0.2) is 53.1 Å². The Morgan fingerprint density at radius 1 is 0.949 bits per heavy atom. The maximum absolute atomic E-state index is 13.0. The first kappa shape index (κ1) is 27.6. The van der Waals surface area contributed by atoms with Crippen LogP contribution in [0.4, 0.5) is 5.69 Å². The first-order valence-corrected chi connectivity index (χ1v) is 12.5. The summed E-state index contributed by atoms with van der Waals surface area (Å²) in [6.45, 7) is 11.1. The van der Waals surface area contributed by atoms with Gasteiger partial charge in [0.2, 0.25) is 0 Å². The van der Waals surface area contributed by atoms with Crippen molar-refractivity contribution >= 4 is 11.7 Å². The van der Waals surface area contributed by atoms with Gasteiger partial charge in [-0.2, -0.15) is 5.26 Å². The number of nitrogens with two attached hydrogens (primary N) is 1. The molecule has 0 amide bonds. The molecular weight excluding hydrogens is 492 g/mol. The van der Waals surface area contributed by atoms with Crippen LogP contribution in [0, 0.1) is 32.1 Å². The fourth-order valence-electron chi connectivity index (χ4n) is 4.68. The second kappa shape index (κ2) is 10.7. The molecular formula is C31H32N4O4. The van der Waals surface area contributed by atoms with Crippen LogP contribution in [-0.4, -0.2) is 28.8 Å². The van der Waals surface area contributed by atoms with E-state index in [1.165, 1.54) is 7.11 Å². The molecule has 0 aliphatic rings. The number of hydrogen-bond acceptors (Lipinski definition) is 8. The van der Waals surface area contributed by atoms with E-state index in [0.29, 0.717) is 39.3 Å². The summed E-state index contributed by atoms with van der Waals surface area (Å²) in [5.41, 5.74) is 12.4. The van der Waals surface area contributed by atoms with Gasteiger partial charge in [0.1, 0.15) is 11.8 Å². The summed E-state index contributed by atoms with van der Waals surface area (Å²) >= 11 is 0. The molecule has 1 unspecified atom stereocenters. The molecule has 0 saturated heterocycles. The second-order valence-corrected chi connectivity index (χ2v) is 10.4. The van der Waals surface area contributed by atoms with Crippen molar-refractivity contribution in [1.82, 2.24) is 10.1 Å². The van der Waals surface area contributed by atoms with E-state index in [1.807, 2.05) is 71.0 Å². The Kier molecular flexibility index (Phi) is 7.57. The molecule has 39 heavy (non-hydrogen) atoms. The molecule has 0 spiro atoms. The third-order valence-electron chi connectivity index (χ3n) is 6.37. The number of pyridine rings is 1. The fourth-order valence-corrected chi connectivity index (χ4v) is 4.68. The van der Waals surface area contributed by atoms with Gasteiger partial charge in [0.15, 0.2) is 6.10 Å². The molecule has 0 aliphatic heterocycles. The quantitative estimate of drug-likeness (QED) is 0.224. The number of benzene rings is 2. The Labute approximate surface area is 228 Å². The van der Waals surface area contributed by atoms with Gasteiger partial charge in [0.25, 0.3) is 0 Å². The summed E-state index contributed by atoms with van der Waals surface area (Å²) in [7, 11) is 1.31. The lowest BCUT2D eigenvalue weighted by atomic mass is 9.88. The Bertz CT molecular complexity index is 1540. The first-order valence-electron chi connectivity index (χ1n) is 12.5. The largest absolute Gasteiger partial charge is 0.467 e. The summed E-state index contributed by atoms with van der Waals surface area (Å²) in [5.74, 6) is 0.154. The zero-order valence-corrected chi connectivity index (χ0v) is 23.2. The zero-order valence-electron chi connectivity index (χ0n) is 23.2. The number of aromatic nitrogens is 2. The number of carbonyl (C=O) groups is 1. The van der Waals surface area contributed by atoms with E-state index in [0.717, 1.165) is 28.1 Å². The number of rotatable bonds is 6. The van der Waals surface area contributed by atoms with E-state index in [4.69, 9.17) is 24.7 Å². The topological polar surface area (TPSA) is 124 Å². The minimum absolute atomic E-state index is 0.317. The highest BCUT2D eigenvalue weighted by Crippen LogP contribution is 2.41. The van der Waals surface area contributed by atoms with Gasteiger partial charge in [-0.25, -0.2) is 4.79 Å². The van der Waals surface area contributed by atoms with E-state index >= 15 is 0 Å². The summed E-state index contributed by atoms with van der Waals surface area (Å²) in [4.78, 5) is 17.9. The number of aryl methyl sites for hydroxylation is 3. The number of methoxy groups -OCH3 is 1. The number of carbonyl (C=O) groups excluding carboxylic acids is 1. The molecule has 1 atom stereocenters. The van der Waals surface area contributed by atoms with Crippen molar-refractivity contribution in [3.63, 3.8) is 0 Å². The number of nitrogens with zero attached hydrogens (tertiary/aromatic N) is 3. The van der Waals surface area contributed by atoms with Gasteiger partial charge in [-0.05, 0) is 64.8 Å². The van der Waals surface area contributed by atoms with Crippen LogP contribution in [0.25, 0.3) is 33.5 Å². The Morgan fingerprint density at radius 3 is 2.03 bits per heavy atom. The molecule has 2 aromatic carbocycles. The Balaban J connectivity index is 1.98. The summed E-state index contributed by atoms with van der Waals surface area (Å²) in [6.07, 6.45) is -1.10. The van der Waals surface area contributed by atoms with E-state index < -0.39 is 17.7 Å². The van der Waals surface area contributed by atoms with Crippen LogP contribution in [0.3, 0.4) is 0 Å². The lowest BCUT2D eigenvalue weighted by Gasteiger charge is -2.29. The Hall–Kier alpha value is -4.48. The number of ether oxygens (including phenoxy) is 2. The van der Waals surface area contributed by atoms with Crippen LogP contribution in [0.1, 0.15) is 55.2 Å². The maximum atomic E-state index is 13.0. The van der Waals surface area contributed by atoms with Crippen molar-refractivity contribution in [2.24, 2.45) is 0 Å². The average Bonchev–Trinajstić information content (AvgIpc) is 3.24. The maximum Gasteiger partial charge on any atom is 0.339 e. The molecule has 0 saturated carbocycles. The number of esters is 1. The highest BCUT2D eigenvalue weighted by atomic mass is 16.6. The Morgan fingerprint density at radius 2 is 1.51 bits per heavy atom. The fraction of sp³-hybridized carbons (Fsp3) is 0.290. The van der Waals surface area contributed by atoms with Gasteiger partial charge in [0.05, 0.1) is 29.7 Å². The number of anilines is 1. The monoisotopic (exact) mass is 524 g/mol. The third-order valence-corrected chi connectivity index (χ3v) is 6.37. The highest BCUT2D eigenvalue weighted by molar-refractivity contribution is 5.88. The molecule has 4 rings (SSSR count). The molecule has 2 aromatic heterocycles. The molecule has 8 heteroatoms. The number of nitriles is 1. The molecule has 0 radical (unpaired) electrons. The molecule has 8 nitrogen and oxygen atoms in total. The smallest absolute Gasteiger partial charge is 0.339 e. The van der Waals surface area contributed by atoms with Crippen molar-refractivity contribution in [1.29, 1.82) is 5.26 Å². The zero-order chi connectivity index (χ0) is 28.5. The van der Waals surface area contributed by atoms with Crippen molar-refractivity contribution < 1.29 is 18.8 Å². The SMILES string of the molecule is COC(=O)C(OC(C)(C)C)c1c(C)nc(-c2ccc(-c3c(C)noc3C)cc2)c(C#N)c1-c1ccc(N)cc1. The summed E-state index contributed by atoms with van der Waals surface area (Å²) in [5, 5.41) is 14.5. The van der Waals surface area contributed by atoms with Crippen LogP contribution in [-0.2, 0) is 14.3 Å². The highest BCUT2D eigenvalue weighted by Gasteiger charge is 2.34. The van der Waals surface area contributed by atoms with Crippen LogP contribution < -0.4 is 5.73 Å². The van der Waals surface area contributed by atoms with Gasteiger partial charge >= 0.3 is 5.97 Å². The number of hydrogen-bond donors (Lipinski definition) is 1. The van der Waals surface area contributed by atoms with Crippen molar-refractivity contribution in [2.75, 3.05) is 12.8 Å². The predicted molar refractivity (Wildman–Crippen MR) is 150 cm³/mol. The molecule has 0 bridgehead atoms. The molecule has 4 aromatic rings. The van der Waals surface area contributed by atoms with Crippen LogP contribution in [0.5, 0.6) is 0 Å². The average molecular weight is 525 g/mol. The van der Waals surface area contributed by atoms with Gasteiger partial charge in [-0.15, -0.1) is 0 Å². The molecule has 0 fully saturated rings. The van der Waals surface area contributed by atoms with E-state index in [9.17, 15) is 10.1 Å². The van der Waals surface area contributed by atoms with E-state index in [1.54, 1.807) is 19.1 Å². The predicted octanol–water partition coefficient (Wildman–Crippen LogP) is 6.48.